The third-order valence-electron chi connectivity index (χ3n) is 2.46. The van der Waals surface area contributed by atoms with E-state index < -0.39 is 5.97 Å². The molecule has 0 unspecified atom stereocenters. The number of hydrogen-bond acceptors (Lipinski definition) is 4. The van der Waals surface area contributed by atoms with E-state index in [-0.39, 0.29) is 12.2 Å². The van der Waals surface area contributed by atoms with E-state index in [2.05, 4.69) is 4.98 Å². The Balaban J connectivity index is 2.70. The monoisotopic (exact) mass is 250 g/mol. The highest BCUT2D eigenvalue weighted by Crippen LogP contribution is 2.20. The van der Waals surface area contributed by atoms with Crippen molar-refractivity contribution >= 4 is 17.0 Å². The first-order chi connectivity index (χ1) is 8.69. The van der Waals surface area contributed by atoms with Gasteiger partial charge in [0.15, 0.2) is 5.82 Å². The van der Waals surface area contributed by atoms with E-state index in [4.69, 9.17) is 9.57 Å². The summed E-state index contributed by atoms with van der Waals surface area (Å²) in [6.45, 7) is 2.50. The van der Waals surface area contributed by atoms with Crippen molar-refractivity contribution in [3.05, 3.63) is 29.6 Å². The summed E-state index contributed by atoms with van der Waals surface area (Å²) in [5.74, 6) is -0.464. The molecule has 0 saturated heterocycles. The lowest BCUT2D eigenvalue weighted by Gasteiger charge is -2.09. The van der Waals surface area contributed by atoms with Gasteiger partial charge >= 0.3 is 5.97 Å². The molecule has 96 valence electrons. The number of hydrogen-bond donors (Lipinski definition) is 1. The third kappa shape index (κ3) is 2.02. The van der Waals surface area contributed by atoms with Crippen molar-refractivity contribution in [3.63, 3.8) is 0 Å². The Labute approximate surface area is 104 Å². The lowest BCUT2D eigenvalue weighted by molar-refractivity contribution is 0.0691. The second kappa shape index (κ2) is 5.05. The minimum Gasteiger partial charge on any atom is -0.478 e. The van der Waals surface area contributed by atoms with Gasteiger partial charge < -0.3 is 14.7 Å². The molecule has 1 heterocycles. The zero-order valence-electron chi connectivity index (χ0n) is 10.2. The van der Waals surface area contributed by atoms with Crippen LogP contribution < -0.4 is 4.84 Å². The van der Waals surface area contributed by atoms with Crippen LogP contribution in [-0.4, -0.2) is 34.5 Å². The zero-order chi connectivity index (χ0) is 13.1. The van der Waals surface area contributed by atoms with E-state index in [0.29, 0.717) is 23.5 Å². The predicted molar refractivity (Wildman–Crippen MR) is 64.5 cm³/mol. The van der Waals surface area contributed by atoms with Gasteiger partial charge in [-0.25, -0.2) is 9.78 Å². The number of carboxylic acids is 1. The Bertz CT molecular complexity index is 577. The van der Waals surface area contributed by atoms with Crippen molar-refractivity contribution in [1.82, 2.24) is 9.71 Å². The van der Waals surface area contributed by atoms with Gasteiger partial charge in [-0.15, -0.1) is 0 Å². The molecule has 2 aromatic rings. The minimum atomic E-state index is -1.01. The van der Waals surface area contributed by atoms with E-state index in [1.165, 1.54) is 10.8 Å². The number of fused-ring (bicyclic) bond motifs is 1. The summed E-state index contributed by atoms with van der Waals surface area (Å²) in [7, 11) is 1.55. The molecule has 0 fully saturated rings. The Kier molecular flexibility index (Phi) is 3.47. The molecule has 0 spiro atoms. The molecule has 6 nitrogen and oxygen atoms in total. The summed E-state index contributed by atoms with van der Waals surface area (Å²) < 4.78 is 6.47. The number of carboxylic acid groups (broad SMARTS) is 1. The molecule has 18 heavy (non-hydrogen) atoms. The second-order valence-corrected chi connectivity index (χ2v) is 3.65. The normalized spacial score (nSPS) is 10.8. The first-order valence-corrected chi connectivity index (χ1v) is 5.55. The van der Waals surface area contributed by atoms with Crippen LogP contribution in [0.25, 0.3) is 11.0 Å². The number of imidazole rings is 1. The van der Waals surface area contributed by atoms with Crippen LogP contribution in [0.1, 0.15) is 23.1 Å². The molecule has 0 aliphatic carbocycles. The Morgan fingerprint density at radius 1 is 1.50 bits per heavy atom. The number of carbonyl (C=O) groups is 1. The van der Waals surface area contributed by atoms with Gasteiger partial charge in [-0.05, 0) is 19.1 Å². The highest BCUT2D eigenvalue weighted by Gasteiger charge is 2.18. The fourth-order valence-electron chi connectivity index (χ4n) is 1.81. The van der Waals surface area contributed by atoms with Crippen LogP contribution >= 0.6 is 0 Å². The maximum atomic E-state index is 11.2. The Hall–Kier alpha value is -2.08. The van der Waals surface area contributed by atoms with Gasteiger partial charge in [0.25, 0.3) is 0 Å². The molecule has 1 aromatic carbocycles. The maximum absolute atomic E-state index is 11.2. The third-order valence-corrected chi connectivity index (χ3v) is 2.46. The summed E-state index contributed by atoms with van der Waals surface area (Å²) in [4.78, 5) is 21.0. The van der Waals surface area contributed by atoms with Crippen molar-refractivity contribution in [2.75, 3.05) is 13.7 Å². The van der Waals surface area contributed by atoms with Crippen molar-refractivity contribution in [3.8, 4) is 0 Å². The highest BCUT2D eigenvalue weighted by atomic mass is 16.7. The van der Waals surface area contributed by atoms with E-state index in [0.717, 1.165) is 0 Å². The van der Waals surface area contributed by atoms with Gasteiger partial charge in [0, 0.05) is 7.11 Å². The van der Waals surface area contributed by atoms with Crippen LogP contribution in [0.3, 0.4) is 0 Å². The van der Waals surface area contributed by atoms with Crippen LogP contribution in [0, 0.1) is 0 Å². The number of aromatic carboxylic acids is 1. The molecule has 6 heteroatoms. The van der Waals surface area contributed by atoms with Crippen molar-refractivity contribution in [2.24, 2.45) is 0 Å². The maximum Gasteiger partial charge on any atom is 0.338 e. The standard InChI is InChI=1S/C12H14N2O4/c1-3-18-14-10(7-17-2)13-9-6-4-5-8(11(9)14)12(15)16/h4-6H,3,7H2,1-2H3,(H,15,16). The first kappa shape index (κ1) is 12.4. The fraction of sp³-hybridized carbons (Fsp3) is 0.333. The first-order valence-electron chi connectivity index (χ1n) is 5.55. The van der Waals surface area contributed by atoms with E-state index in [1.54, 1.807) is 19.2 Å². The van der Waals surface area contributed by atoms with Gasteiger partial charge in [0.05, 0.1) is 11.1 Å². The number of rotatable bonds is 5. The smallest absolute Gasteiger partial charge is 0.338 e. The summed E-state index contributed by atoms with van der Waals surface area (Å²) in [6.07, 6.45) is 0. The molecule has 0 atom stereocenters. The predicted octanol–water partition coefficient (Wildman–Crippen LogP) is 1.33. The molecule has 0 amide bonds. The van der Waals surface area contributed by atoms with E-state index in [1.807, 2.05) is 6.92 Å². The number of methoxy groups -OCH3 is 1. The van der Waals surface area contributed by atoms with Crippen molar-refractivity contribution < 1.29 is 19.5 Å². The Morgan fingerprint density at radius 2 is 2.28 bits per heavy atom. The molecule has 0 radical (unpaired) electrons. The average Bonchev–Trinajstić information content (AvgIpc) is 2.68. The Morgan fingerprint density at radius 3 is 2.89 bits per heavy atom. The van der Waals surface area contributed by atoms with Crippen molar-refractivity contribution in [2.45, 2.75) is 13.5 Å². The van der Waals surface area contributed by atoms with Crippen LogP contribution in [0.2, 0.25) is 0 Å². The zero-order valence-corrected chi connectivity index (χ0v) is 10.2. The molecule has 0 bridgehead atoms. The SMILES string of the molecule is CCOn1c(COC)nc2cccc(C(=O)O)c21. The number of benzene rings is 1. The van der Waals surface area contributed by atoms with Crippen LogP contribution in [0.5, 0.6) is 0 Å². The topological polar surface area (TPSA) is 73.6 Å². The van der Waals surface area contributed by atoms with E-state index in [9.17, 15) is 9.90 Å². The van der Waals surface area contributed by atoms with Gasteiger partial charge in [0.2, 0.25) is 0 Å². The summed E-state index contributed by atoms with van der Waals surface area (Å²) in [5.41, 5.74) is 1.20. The number of nitrogens with zero attached hydrogens (tertiary/aromatic N) is 2. The number of ether oxygens (including phenoxy) is 1. The largest absolute Gasteiger partial charge is 0.478 e. The summed E-state index contributed by atoms with van der Waals surface area (Å²) in [5, 5.41) is 9.19. The molecular formula is C12H14N2O4. The van der Waals surface area contributed by atoms with Crippen LogP contribution in [-0.2, 0) is 11.3 Å². The minimum absolute atomic E-state index is 0.163. The average molecular weight is 250 g/mol. The molecular weight excluding hydrogens is 236 g/mol. The fourth-order valence-corrected chi connectivity index (χ4v) is 1.81. The molecule has 0 saturated carbocycles. The highest BCUT2D eigenvalue weighted by molar-refractivity contribution is 6.01. The number of aromatic nitrogens is 2. The molecule has 0 aliphatic heterocycles. The lowest BCUT2D eigenvalue weighted by Crippen LogP contribution is -2.16. The van der Waals surface area contributed by atoms with Gasteiger partial charge in [0.1, 0.15) is 18.7 Å². The summed E-state index contributed by atoms with van der Waals surface area (Å²) >= 11 is 0. The molecule has 1 N–H and O–H groups in total. The van der Waals surface area contributed by atoms with E-state index >= 15 is 0 Å². The summed E-state index contributed by atoms with van der Waals surface area (Å²) in [6, 6.07) is 4.93. The second-order valence-electron chi connectivity index (χ2n) is 3.65. The lowest BCUT2D eigenvalue weighted by atomic mass is 10.2. The quantitative estimate of drug-likeness (QED) is 0.866. The number of para-hydroxylation sites is 1. The van der Waals surface area contributed by atoms with Gasteiger partial charge in [-0.1, -0.05) is 6.07 Å². The van der Waals surface area contributed by atoms with Gasteiger partial charge in [-0.3, -0.25) is 0 Å². The molecule has 0 aliphatic rings. The molecule has 1 aromatic heterocycles. The molecule has 2 rings (SSSR count). The van der Waals surface area contributed by atoms with Gasteiger partial charge in [-0.2, -0.15) is 4.73 Å². The van der Waals surface area contributed by atoms with Crippen LogP contribution in [0.15, 0.2) is 18.2 Å². The van der Waals surface area contributed by atoms with Crippen LogP contribution in [0.4, 0.5) is 0 Å². The van der Waals surface area contributed by atoms with Crippen molar-refractivity contribution in [1.29, 1.82) is 0 Å².